The normalized spacial score (nSPS) is 19.1. The van der Waals surface area contributed by atoms with E-state index in [0.29, 0.717) is 25.2 Å². The van der Waals surface area contributed by atoms with Crippen molar-refractivity contribution in [3.8, 4) is 0 Å². The van der Waals surface area contributed by atoms with E-state index in [4.69, 9.17) is 14.4 Å². The second-order valence-corrected chi connectivity index (χ2v) is 5.83. The van der Waals surface area contributed by atoms with E-state index in [1.807, 2.05) is 20.8 Å². The second kappa shape index (κ2) is 5.15. The van der Waals surface area contributed by atoms with Crippen LogP contribution in [0.15, 0.2) is 10.6 Å². The number of hydrogen-bond acceptors (Lipinski definition) is 5. The third kappa shape index (κ3) is 3.28. The number of aromatic nitrogens is 1. The molecule has 1 fully saturated rings. The third-order valence-corrected chi connectivity index (χ3v) is 3.00. The molecular formula is C13H18N2O5. The maximum atomic E-state index is 11.9. The van der Waals surface area contributed by atoms with Crippen LogP contribution in [0.2, 0.25) is 0 Å². The van der Waals surface area contributed by atoms with Gasteiger partial charge < -0.3 is 19.3 Å². The number of carbonyl (C=O) groups excluding carboxylic acids is 1. The zero-order valence-electron chi connectivity index (χ0n) is 11.8. The number of carboxylic acid groups (broad SMARTS) is 1. The maximum Gasteiger partial charge on any atom is 0.410 e. The fraction of sp³-hybridized carbons (Fsp3) is 0.615. The Morgan fingerprint density at radius 1 is 1.50 bits per heavy atom. The molecule has 1 saturated heterocycles. The van der Waals surface area contributed by atoms with E-state index < -0.39 is 11.6 Å². The molecule has 7 heteroatoms. The SMILES string of the molecule is CC(C)(C)OC(=O)N1CC[C@@H](c2cc(C(=O)O)on2)C1. The number of ether oxygens (including phenoxy) is 1. The van der Waals surface area contributed by atoms with Gasteiger partial charge in [-0.25, -0.2) is 9.59 Å². The number of nitrogens with zero attached hydrogens (tertiary/aromatic N) is 2. The molecule has 2 rings (SSSR count). The van der Waals surface area contributed by atoms with Gasteiger partial charge in [-0.3, -0.25) is 0 Å². The van der Waals surface area contributed by atoms with E-state index in [9.17, 15) is 9.59 Å². The zero-order chi connectivity index (χ0) is 14.9. The van der Waals surface area contributed by atoms with Crippen molar-refractivity contribution in [2.24, 2.45) is 0 Å². The summed E-state index contributed by atoms with van der Waals surface area (Å²) in [4.78, 5) is 24.3. The molecule has 1 atom stereocenters. The first-order valence-electron chi connectivity index (χ1n) is 6.44. The second-order valence-electron chi connectivity index (χ2n) is 5.83. The van der Waals surface area contributed by atoms with Crippen molar-refractivity contribution < 1.29 is 24.0 Å². The summed E-state index contributed by atoms with van der Waals surface area (Å²) in [6.07, 6.45) is 0.354. The quantitative estimate of drug-likeness (QED) is 0.892. The number of carboxylic acids is 1. The van der Waals surface area contributed by atoms with Crippen LogP contribution in [0.3, 0.4) is 0 Å². The summed E-state index contributed by atoms with van der Waals surface area (Å²) in [5.41, 5.74) is 0.0352. The van der Waals surface area contributed by atoms with Crippen LogP contribution in [0, 0.1) is 0 Å². The predicted octanol–water partition coefficient (Wildman–Crippen LogP) is 2.10. The molecule has 0 radical (unpaired) electrons. The highest BCUT2D eigenvalue weighted by atomic mass is 16.6. The first kappa shape index (κ1) is 14.4. The maximum absolute atomic E-state index is 11.9. The van der Waals surface area contributed by atoms with Crippen molar-refractivity contribution in [2.45, 2.75) is 38.7 Å². The van der Waals surface area contributed by atoms with Gasteiger partial charge in [-0.1, -0.05) is 5.16 Å². The number of rotatable bonds is 2. The Hall–Kier alpha value is -2.05. The Labute approximate surface area is 116 Å². The molecule has 0 spiro atoms. The average molecular weight is 282 g/mol. The minimum Gasteiger partial charge on any atom is -0.475 e. The van der Waals surface area contributed by atoms with Crippen LogP contribution in [-0.4, -0.2) is 45.9 Å². The lowest BCUT2D eigenvalue weighted by molar-refractivity contribution is 0.0292. The molecule has 0 unspecified atom stereocenters. The number of amides is 1. The molecule has 1 aliphatic heterocycles. The number of likely N-dealkylation sites (tertiary alicyclic amines) is 1. The van der Waals surface area contributed by atoms with Gasteiger partial charge >= 0.3 is 12.1 Å². The lowest BCUT2D eigenvalue weighted by Crippen LogP contribution is -2.35. The molecule has 1 aromatic rings. The van der Waals surface area contributed by atoms with E-state index in [1.54, 1.807) is 4.90 Å². The van der Waals surface area contributed by atoms with Crippen molar-refractivity contribution >= 4 is 12.1 Å². The molecule has 1 aliphatic rings. The molecule has 110 valence electrons. The summed E-state index contributed by atoms with van der Waals surface area (Å²) >= 11 is 0. The predicted molar refractivity (Wildman–Crippen MR) is 68.6 cm³/mol. The molecule has 1 N–H and O–H groups in total. The summed E-state index contributed by atoms with van der Waals surface area (Å²) in [6, 6.07) is 1.41. The van der Waals surface area contributed by atoms with Crippen molar-refractivity contribution in [3.63, 3.8) is 0 Å². The monoisotopic (exact) mass is 282 g/mol. The highest BCUT2D eigenvalue weighted by Gasteiger charge is 2.32. The molecule has 0 saturated carbocycles. The van der Waals surface area contributed by atoms with Gasteiger partial charge in [0.15, 0.2) is 0 Å². The molecule has 0 bridgehead atoms. The van der Waals surface area contributed by atoms with Crippen molar-refractivity contribution in [2.75, 3.05) is 13.1 Å². The molecular weight excluding hydrogens is 264 g/mol. The van der Waals surface area contributed by atoms with Gasteiger partial charge in [0.1, 0.15) is 5.60 Å². The van der Waals surface area contributed by atoms with Gasteiger partial charge in [-0.2, -0.15) is 0 Å². The Bertz CT molecular complexity index is 517. The summed E-state index contributed by atoms with van der Waals surface area (Å²) in [6.45, 7) is 6.47. The molecule has 1 aromatic heterocycles. The Morgan fingerprint density at radius 3 is 2.75 bits per heavy atom. The highest BCUT2D eigenvalue weighted by molar-refractivity contribution is 5.84. The summed E-state index contributed by atoms with van der Waals surface area (Å²) in [5, 5.41) is 12.5. The van der Waals surface area contributed by atoms with Gasteiger partial charge in [0, 0.05) is 25.1 Å². The van der Waals surface area contributed by atoms with Gasteiger partial charge in [0.05, 0.1) is 5.69 Å². The van der Waals surface area contributed by atoms with Gasteiger partial charge in [0.25, 0.3) is 0 Å². The van der Waals surface area contributed by atoms with Crippen LogP contribution in [0.5, 0.6) is 0 Å². The first-order chi connectivity index (χ1) is 9.26. The van der Waals surface area contributed by atoms with Crippen molar-refractivity contribution in [1.29, 1.82) is 0 Å². The minimum atomic E-state index is -1.15. The van der Waals surface area contributed by atoms with E-state index in [1.165, 1.54) is 6.07 Å². The van der Waals surface area contributed by atoms with Crippen molar-refractivity contribution in [1.82, 2.24) is 10.1 Å². The number of hydrogen-bond donors (Lipinski definition) is 1. The van der Waals surface area contributed by atoms with Crippen LogP contribution in [-0.2, 0) is 4.74 Å². The third-order valence-electron chi connectivity index (χ3n) is 3.00. The standard InChI is InChI=1S/C13H18N2O5/c1-13(2,3)19-12(18)15-5-4-8(7-15)9-6-10(11(16)17)20-14-9/h6,8H,4-5,7H2,1-3H3,(H,16,17)/t8-/m1/s1. The average Bonchev–Trinajstić information content (AvgIpc) is 2.95. The van der Waals surface area contributed by atoms with Gasteiger partial charge in [-0.15, -0.1) is 0 Å². The number of aromatic carboxylic acids is 1. The molecule has 0 aromatic carbocycles. The fourth-order valence-electron chi connectivity index (χ4n) is 2.08. The first-order valence-corrected chi connectivity index (χ1v) is 6.44. The Morgan fingerprint density at radius 2 is 2.20 bits per heavy atom. The highest BCUT2D eigenvalue weighted by Crippen LogP contribution is 2.28. The lowest BCUT2D eigenvalue weighted by atomic mass is 10.1. The molecule has 20 heavy (non-hydrogen) atoms. The topological polar surface area (TPSA) is 92.9 Å². The van der Waals surface area contributed by atoms with Crippen LogP contribution < -0.4 is 0 Å². The molecule has 0 aliphatic carbocycles. The largest absolute Gasteiger partial charge is 0.475 e. The lowest BCUT2D eigenvalue weighted by Gasteiger charge is -2.24. The van der Waals surface area contributed by atoms with Crippen LogP contribution in [0.25, 0.3) is 0 Å². The van der Waals surface area contributed by atoms with Gasteiger partial charge in [0.2, 0.25) is 5.76 Å². The van der Waals surface area contributed by atoms with E-state index >= 15 is 0 Å². The Kier molecular flexibility index (Phi) is 3.69. The smallest absolute Gasteiger partial charge is 0.410 e. The van der Waals surface area contributed by atoms with Gasteiger partial charge in [-0.05, 0) is 27.2 Å². The minimum absolute atomic E-state index is 0.0145. The van der Waals surface area contributed by atoms with Crippen LogP contribution >= 0.6 is 0 Å². The van der Waals surface area contributed by atoms with E-state index in [0.717, 1.165) is 0 Å². The van der Waals surface area contributed by atoms with E-state index in [-0.39, 0.29) is 17.8 Å². The fourth-order valence-corrected chi connectivity index (χ4v) is 2.08. The van der Waals surface area contributed by atoms with Crippen LogP contribution in [0.4, 0.5) is 4.79 Å². The summed E-state index contributed by atoms with van der Waals surface area (Å²) < 4.78 is 10.0. The Balaban J connectivity index is 1.98. The molecule has 1 amide bonds. The van der Waals surface area contributed by atoms with Crippen molar-refractivity contribution in [3.05, 3.63) is 17.5 Å². The van der Waals surface area contributed by atoms with Crippen LogP contribution in [0.1, 0.15) is 49.4 Å². The summed E-state index contributed by atoms with van der Waals surface area (Å²) in [7, 11) is 0. The van der Waals surface area contributed by atoms with E-state index in [2.05, 4.69) is 5.16 Å². The molecule has 7 nitrogen and oxygen atoms in total. The zero-order valence-corrected chi connectivity index (χ0v) is 11.8. The summed E-state index contributed by atoms with van der Waals surface area (Å²) in [5.74, 6) is -1.35. The molecule has 2 heterocycles. The number of carbonyl (C=O) groups is 2.